The number of Topliss-reactive ketones (excluding diaryl/α,β-unsaturated/α-hetero) is 1. The topological polar surface area (TPSA) is 67.2 Å². The first-order chi connectivity index (χ1) is 8.60. The second-order valence-electron chi connectivity index (χ2n) is 3.54. The number of rotatable bonds is 5. The summed E-state index contributed by atoms with van der Waals surface area (Å²) in [5.74, 6) is -3.21. The van der Waals surface area contributed by atoms with Crippen molar-refractivity contribution in [1.82, 2.24) is 0 Å². The predicted molar refractivity (Wildman–Crippen MR) is 61.1 cm³/mol. The quantitative estimate of drug-likeness (QED) is 0.592. The summed E-state index contributed by atoms with van der Waals surface area (Å²) in [5, 5.41) is 8.79. The Kier molecular flexibility index (Phi) is 5.00. The molecule has 1 aromatic rings. The third kappa shape index (κ3) is 3.39. The van der Waals surface area contributed by atoms with E-state index in [9.17, 15) is 14.0 Å². The van der Waals surface area contributed by atoms with Crippen molar-refractivity contribution >= 4 is 11.8 Å². The van der Waals surface area contributed by atoms with Gasteiger partial charge in [0.05, 0.1) is 18.2 Å². The summed E-state index contributed by atoms with van der Waals surface area (Å²) < 4.78 is 18.0. The zero-order valence-corrected chi connectivity index (χ0v) is 9.85. The molecule has 0 saturated carbocycles. The van der Waals surface area contributed by atoms with E-state index < -0.39 is 23.5 Å². The van der Waals surface area contributed by atoms with Gasteiger partial charge in [0.2, 0.25) is 0 Å². The van der Waals surface area contributed by atoms with E-state index in [-0.39, 0.29) is 18.6 Å². The summed E-state index contributed by atoms with van der Waals surface area (Å²) in [6.07, 6.45) is -0.379. The molecule has 94 valence electrons. The van der Waals surface area contributed by atoms with Crippen molar-refractivity contribution in [2.24, 2.45) is 5.92 Å². The Hall–Kier alpha value is -2.22. The summed E-state index contributed by atoms with van der Waals surface area (Å²) in [7, 11) is 0. The number of esters is 1. The van der Waals surface area contributed by atoms with Crippen molar-refractivity contribution in [3.63, 3.8) is 0 Å². The highest BCUT2D eigenvalue weighted by atomic mass is 19.1. The van der Waals surface area contributed by atoms with Crippen molar-refractivity contribution in [2.75, 3.05) is 6.61 Å². The van der Waals surface area contributed by atoms with E-state index in [0.29, 0.717) is 0 Å². The molecule has 1 aromatic carbocycles. The molecular formula is C13H12FNO3. The largest absolute Gasteiger partial charge is 0.465 e. The number of nitriles is 1. The number of ether oxygens (including phenoxy) is 1. The monoisotopic (exact) mass is 249 g/mol. The summed E-state index contributed by atoms with van der Waals surface area (Å²) in [6.45, 7) is 1.73. The lowest BCUT2D eigenvalue weighted by atomic mass is 9.99. The number of benzene rings is 1. The average Bonchev–Trinajstić information content (AvgIpc) is 2.36. The molecule has 0 N–H and O–H groups in total. The minimum absolute atomic E-state index is 0.123. The van der Waals surface area contributed by atoms with Crippen LogP contribution in [0.1, 0.15) is 23.7 Å². The SMILES string of the molecule is CCOC(=O)[C@H](C#N)CC(=O)c1ccccc1F. The lowest BCUT2D eigenvalue weighted by Crippen LogP contribution is -2.20. The molecule has 0 amide bonds. The van der Waals surface area contributed by atoms with Gasteiger partial charge < -0.3 is 4.74 Å². The van der Waals surface area contributed by atoms with Gasteiger partial charge in [-0.05, 0) is 19.1 Å². The van der Waals surface area contributed by atoms with Crippen LogP contribution in [0.4, 0.5) is 4.39 Å². The molecule has 0 bridgehead atoms. The van der Waals surface area contributed by atoms with Crippen LogP contribution in [0.15, 0.2) is 24.3 Å². The zero-order valence-electron chi connectivity index (χ0n) is 9.85. The van der Waals surface area contributed by atoms with Crippen molar-refractivity contribution in [3.8, 4) is 6.07 Å². The van der Waals surface area contributed by atoms with Gasteiger partial charge in [0.1, 0.15) is 5.82 Å². The maximum absolute atomic E-state index is 13.3. The molecule has 0 radical (unpaired) electrons. The number of hydrogen-bond acceptors (Lipinski definition) is 4. The maximum atomic E-state index is 13.3. The Morgan fingerprint density at radius 2 is 2.11 bits per heavy atom. The van der Waals surface area contributed by atoms with Crippen LogP contribution in [0.2, 0.25) is 0 Å². The highest BCUT2D eigenvalue weighted by molar-refractivity contribution is 5.98. The molecule has 0 fully saturated rings. The summed E-state index contributed by atoms with van der Waals surface area (Å²) in [5.41, 5.74) is -0.123. The summed E-state index contributed by atoms with van der Waals surface area (Å²) >= 11 is 0. The van der Waals surface area contributed by atoms with E-state index in [1.165, 1.54) is 18.2 Å². The van der Waals surface area contributed by atoms with E-state index in [2.05, 4.69) is 4.74 Å². The molecule has 18 heavy (non-hydrogen) atoms. The fraction of sp³-hybridized carbons (Fsp3) is 0.308. The van der Waals surface area contributed by atoms with Crippen LogP contribution in [-0.2, 0) is 9.53 Å². The molecule has 0 saturated heterocycles. The Balaban J connectivity index is 2.78. The molecule has 0 aliphatic heterocycles. The lowest BCUT2D eigenvalue weighted by molar-refractivity contribution is -0.145. The van der Waals surface area contributed by atoms with Gasteiger partial charge in [-0.3, -0.25) is 9.59 Å². The number of halogens is 1. The third-order valence-electron chi connectivity index (χ3n) is 2.29. The van der Waals surface area contributed by atoms with Crippen LogP contribution in [-0.4, -0.2) is 18.4 Å². The normalized spacial score (nSPS) is 11.4. The van der Waals surface area contributed by atoms with Gasteiger partial charge in [0, 0.05) is 6.42 Å². The minimum Gasteiger partial charge on any atom is -0.465 e. The van der Waals surface area contributed by atoms with E-state index in [1.807, 2.05) is 0 Å². The molecule has 0 heterocycles. The smallest absolute Gasteiger partial charge is 0.323 e. The first kappa shape index (κ1) is 13.8. The van der Waals surface area contributed by atoms with E-state index in [0.717, 1.165) is 6.07 Å². The van der Waals surface area contributed by atoms with Crippen LogP contribution in [0.3, 0.4) is 0 Å². The first-order valence-electron chi connectivity index (χ1n) is 5.44. The average molecular weight is 249 g/mol. The van der Waals surface area contributed by atoms with Crippen LogP contribution >= 0.6 is 0 Å². The molecule has 4 nitrogen and oxygen atoms in total. The van der Waals surface area contributed by atoms with E-state index in [4.69, 9.17) is 5.26 Å². The fourth-order valence-corrected chi connectivity index (χ4v) is 1.41. The molecule has 0 aliphatic rings. The second-order valence-corrected chi connectivity index (χ2v) is 3.54. The molecule has 1 rings (SSSR count). The molecule has 0 aromatic heterocycles. The Bertz CT molecular complexity index is 493. The van der Waals surface area contributed by atoms with Crippen molar-refractivity contribution in [1.29, 1.82) is 5.26 Å². The Morgan fingerprint density at radius 1 is 1.44 bits per heavy atom. The number of carbonyl (C=O) groups excluding carboxylic acids is 2. The molecule has 0 aliphatic carbocycles. The Labute approximate surface area is 104 Å². The van der Waals surface area contributed by atoms with Gasteiger partial charge in [-0.15, -0.1) is 0 Å². The van der Waals surface area contributed by atoms with Crippen LogP contribution in [0.25, 0.3) is 0 Å². The summed E-state index contributed by atoms with van der Waals surface area (Å²) in [6, 6.07) is 7.13. The van der Waals surface area contributed by atoms with Crippen molar-refractivity contribution in [2.45, 2.75) is 13.3 Å². The van der Waals surface area contributed by atoms with Gasteiger partial charge in [0.15, 0.2) is 11.7 Å². The highest BCUT2D eigenvalue weighted by Crippen LogP contribution is 2.14. The van der Waals surface area contributed by atoms with Gasteiger partial charge in [0.25, 0.3) is 0 Å². The zero-order chi connectivity index (χ0) is 13.5. The van der Waals surface area contributed by atoms with Gasteiger partial charge in [-0.25, -0.2) is 4.39 Å². The second kappa shape index (κ2) is 6.50. The fourth-order valence-electron chi connectivity index (χ4n) is 1.41. The van der Waals surface area contributed by atoms with Crippen LogP contribution in [0, 0.1) is 23.1 Å². The molecular weight excluding hydrogens is 237 g/mol. The van der Waals surface area contributed by atoms with Crippen LogP contribution < -0.4 is 0 Å². The molecule has 5 heteroatoms. The molecule has 0 spiro atoms. The van der Waals surface area contributed by atoms with Gasteiger partial charge in [-0.2, -0.15) is 5.26 Å². The lowest BCUT2D eigenvalue weighted by Gasteiger charge is -2.07. The summed E-state index contributed by atoms with van der Waals surface area (Å²) in [4.78, 5) is 23.1. The standard InChI is InChI=1S/C13H12FNO3/c1-2-18-13(17)9(8-15)7-12(16)10-5-3-4-6-11(10)14/h3-6,9H,2,7H2,1H3/t9-/m0/s1. The van der Waals surface area contributed by atoms with Crippen LogP contribution in [0.5, 0.6) is 0 Å². The van der Waals surface area contributed by atoms with Crippen molar-refractivity contribution < 1.29 is 18.7 Å². The number of nitrogens with zero attached hydrogens (tertiary/aromatic N) is 1. The van der Waals surface area contributed by atoms with Crippen molar-refractivity contribution in [3.05, 3.63) is 35.6 Å². The Morgan fingerprint density at radius 3 is 2.67 bits per heavy atom. The molecule has 1 atom stereocenters. The number of ketones is 1. The van der Waals surface area contributed by atoms with Gasteiger partial charge in [-0.1, -0.05) is 12.1 Å². The third-order valence-corrected chi connectivity index (χ3v) is 2.29. The van der Waals surface area contributed by atoms with E-state index >= 15 is 0 Å². The number of hydrogen-bond donors (Lipinski definition) is 0. The first-order valence-corrected chi connectivity index (χ1v) is 5.44. The minimum atomic E-state index is -1.20. The van der Waals surface area contributed by atoms with E-state index in [1.54, 1.807) is 13.0 Å². The maximum Gasteiger partial charge on any atom is 0.323 e. The van der Waals surface area contributed by atoms with Gasteiger partial charge >= 0.3 is 5.97 Å². The predicted octanol–water partition coefficient (Wildman–Crippen LogP) is 2.10. The molecule has 0 unspecified atom stereocenters. The highest BCUT2D eigenvalue weighted by Gasteiger charge is 2.24. The number of carbonyl (C=O) groups is 2.